The summed E-state index contributed by atoms with van der Waals surface area (Å²) in [6.45, 7) is 5.82. The molecule has 2 aromatic carbocycles. The highest BCUT2D eigenvalue weighted by Gasteiger charge is 2.24. The van der Waals surface area contributed by atoms with E-state index < -0.39 is 0 Å². The molecule has 0 bridgehead atoms. The monoisotopic (exact) mass is 457 g/mol. The van der Waals surface area contributed by atoms with Crippen molar-refractivity contribution in [2.24, 2.45) is 0 Å². The zero-order chi connectivity index (χ0) is 22.7. The summed E-state index contributed by atoms with van der Waals surface area (Å²) in [4.78, 5) is 27.3. The lowest BCUT2D eigenvalue weighted by molar-refractivity contribution is -0.114. The van der Waals surface area contributed by atoms with Crippen LogP contribution in [0.5, 0.6) is 11.5 Å². The number of carbonyl (C=O) groups is 2. The number of aryl methyl sites for hydroxylation is 1. The number of hydrogen-bond acceptors (Lipinski definition) is 5. The predicted octanol–water partition coefficient (Wildman–Crippen LogP) is 4.48. The maximum absolute atomic E-state index is 12.9. The molecule has 2 aliphatic rings. The number of likely N-dealkylation sites (tertiary alicyclic amines) is 1. The Balaban J connectivity index is 1.36. The van der Waals surface area contributed by atoms with Crippen LogP contribution in [0.1, 0.15) is 42.1 Å². The van der Waals surface area contributed by atoms with E-state index in [1.807, 2.05) is 30.0 Å². The smallest absolute Gasteiger partial charge is 0.254 e. The van der Waals surface area contributed by atoms with Crippen molar-refractivity contribution in [3.05, 3.63) is 46.5 Å². The van der Waals surface area contributed by atoms with Crippen LogP contribution in [0, 0.1) is 6.92 Å². The van der Waals surface area contributed by atoms with Crippen molar-refractivity contribution >= 4 is 34.8 Å². The van der Waals surface area contributed by atoms with Gasteiger partial charge < -0.3 is 25.0 Å². The van der Waals surface area contributed by atoms with Crippen molar-refractivity contribution in [1.82, 2.24) is 4.90 Å². The van der Waals surface area contributed by atoms with Gasteiger partial charge in [-0.15, -0.1) is 0 Å². The van der Waals surface area contributed by atoms with Gasteiger partial charge in [-0.1, -0.05) is 11.6 Å². The second kappa shape index (κ2) is 9.69. The summed E-state index contributed by atoms with van der Waals surface area (Å²) in [7, 11) is 0. The minimum atomic E-state index is -0.245. The molecule has 4 rings (SSSR count). The van der Waals surface area contributed by atoms with E-state index in [2.05, 4.69) is 17.6 Å². The summed E-state index contributed by atoms with van der Waals surface area (Å²) in [5.41, 5.74) is 2.85. The highest BCUT2D eigenvalue weighted by atomic mass is 35.5. The Hall–Kier alpha value is -2.93. The molecule has 2 N–H and O–H groups in total. The third-order valence-electron chi connectivity index (χ3n) is 5.88. The van der Waals surface area contributed by atoms with Gasteiger partial charge in [0.2, 0.25) is 5.91 Å². The summed E-state index contributed by atoms with van der Waals surface area (Å²) in [6, 6.07) is 9.12. The molecule has 0 aromatic heterocycles. The van der Waals surface area contributed by atoms with E-state index in [1.54, 1.807) is 12.1 Å². The van der Waals surface area contributed by atoms with Crippen molar-refractivity contribution in [2.75, 3.05) is 36.9 Å². The third kappa shape index (κ3) is 4.93. The Morgan fingerprint density at radius 1 is 1.09 bits per heavy atom. The molecule has 0 aliphatic carbocycles. The number of ether oxygens (including phenoxy) is 2. The fourth-order valence-electron chi connectivity index (χ4n) is 4.09. The number of carbonyl (C=O) groups excluding carboxylic acids is 2. The molecule has 1 unspecified atom stereocenters. The maximum Gasteiger partial charge on any atom is 0.254 e. The molecule has 170 valence electrons. The van der Waals surface area contributed by atoms with Crippen molar-refractivity contribution in [2.45, 2.75) is 39.2 Å². The minimum absolute atomic E-state index is 0.0576. The van der Waals surface area contributed by atoms with Crippen LogP contribution in [0.4, 0.5) is 11.4 Å². The number of benzene rings is 2. The van der Waals surface area contributed by atoms with Gasteiger partial charge in [-0.25, -0.2) is 0 Å². The number of anilines is 2. The van der Waals surface area contributed by atoms with Crippen molar-refractivity contribution < 1.29 is 19.1 Å². The molecular weight excluding hydrogens is 430 g/mol. The number of rotatable bonds is 5. The Kier molecular flexibility index (Phi) is 6.74. The lowest BCUT2D eigenvalue weighted by Crippen LogP contribution is -2.42. The molecule has 7 nitrogen and oxygen atoms in total. The average Bonchev–Trinajstić information content (AvgIpc) is 2.78. The molecule has 2 aliphatic heterocycles. The largest absolute Gasteiger partial charge is 0.486 e. The van der Waals surface area contributed by atoms with Crippen LogP contribution in [0.15, 0.2) is 30.3 Å². The Morgan fingerprint density at radius 3 is 2.56 bits per heavy atom. The Bertz CT molecular complexity index is 1030. The van der Waals surface area contributed by atoms with Crippen molar-refractivity contribution in [3.63, 3.8) is 0 Å². The summed E-state index contributed by atoms with van der Waals surface area (Å²) in [5, 5.41) is 6.31. The predicted molar refractivity (Wildman–Crippen MR) is 125 cm³/mol. The zero-order valence-electron chi connectivity index (χ0n) is 18.4. The summed E-state index contributed by atoms with van der Waals surface area (Å²) >= 11 is 6.26. The van der Waals surface area contributed by atoms with Crippen LogP contribution in [0.25, 0.3) is 0 Å². The summed E-state index contributed by atoms with van der Waals surface area (Å²) in [6.07, 6.45) is 3.27. The van der Waals surface area contributed by atoms with Gasteiger partial charge in [-0.3, -0.25) is 9.59 Å². The van der Waals surface area contributed by atoms with Crippen LogP contribution >= 0.6 is 11.6 Å². The molecule has 1 saturated heterocycles. The number of amides is 2. The topological polar surface area (TPSA) is 79.9 Å². The maximum atomic E-state index is 12.9. The van der Waals surface area contributed by atoms with E-state index in [4.69, 9.17) is 21.1 Å². The fourth-order valence-corrected chi connectivity index (χ4v) is 4.29. The van der Waals surface area contributed by atoms with Gasteiger partial charge in [0.1, 0.15) is 13.2 Å². The molecule has 2 amide bonds. The van der Waals surface area contributed by atoms with Gasteiger partial charge in [-0.05, 0) is 56.9 Å². The van der Waals surface area contributed by atoms with E-state index in [-0.39, 0.29) is 24.4 Å². The van der Waals surface area contributed by atoms with E-state index in [0.29, 0.717) is 41.0 Å². The number of hydrogen-bond donors (Lipinski definition) is 2. The van der Waals surface area contributed by atoms with E-state index >= 15 is 0 Å². The lowest BCUT2D eigenvalue weighted by atomic mass is 10.0. The SMILES string of the molecule is Cc1cc(C(=O)N2CCCCC2C)ccc1NCC(=O)Nc1cc2c(cc1Cl)OCCO2. The second-order valence-corrected chi connectivity index (χ2v) is 8.66. The first-order chi connectivity index (χ1) is 15.4. The first-order valence-corrected chi connectivity index (χ1v) is 11.3. The molecule has 1 atom stereocenters. The van der Waals surface area contributed by atoms with Crippen molar-refractivity contribution in [3.8, 4) is 11.5 Å². The second-order valence-electron chi connectivity index (χ2n) is 8.25. The van der Waals surface area contributed by atoms with Gasteiger partial charge >= 0.3 is 0 Å². The van der Waals surface area contributed by atoms with Crippen LogP contribution in [0.3, 0.4) is 0 Å². The number of halogens is 1. The van der Waals surface area contributed by atoms with E-state index in [1.165, 1.54) is 6.42 Å². The van der Waals surface area contributed by atoms with Gasteiger partial charge in [0.15, 0.2) is 11.5 Å². The molecule has 32 heavy (non-hydrogen) atoms. The van der Waals surface area contributed by atoms with E-state index in [9.17, 15) is 9.59 Å². The van der Waals surface area contributed by atoms with Crippen LogP contribution < -0.4 is 20.1 Å². The van der Waals surface area contributed by atoms with Crippen LogP contribution in [-0.2, 0) is 4.79 Å². The highest BCUT2D eigenvalue weighted by molar-refractivity contribution is 6.34. The molecule has 0 spiro atoms. The zero-order valence-corrected chi connectivity index (χ0v) is 19.1. The van der Waals surface area contributed by atoms with Crippen LogP contribution in [-0.4, -0.2) is 49.1 Å². The average molecular weight is 458 g/mol. The van der Waals surface area contributed by atoms with Gasteiger partial charge in [0.05, 0.1) is 17.3 Å². The highest BCUT2D eigenvalue weighted by Crippen LogP contribution is 2.38. The lowest BCUT2D eigenvalue weighted by Gasteiger charge is -2.33. The van der Waals surface area contributed by atoms with Crippen LogP contribution in [0.2, 0.25) is 5.02 Å². The Labute approximate surface area is 193 Å². The Morgan fingerprint density at radius 2 is 1.84 bits per heavy atom. The van der Waals surface area contributed by atoms with Gasteiger partial charge in [0.25, 0.3) is 5.91 Å². The third-order valence-corrected chi connectivity index (χ3v) is 6.20. The number of fused-ring (bicyclic) bond motifs is 1. The molecule has 0 saturated carbocycles. The number of piperidine rings is 1. The standard InChI is InChI=1S/C24H28ClN3O4/c1-15-11-17(24(30)28-8-4-3-5-16(28)2)6-7-19(15)26-14-23(29)27-20-13-22-21(12-18(20)25)31-9-10-32-22/h6-7,11-13,16,26H,3-5,8-10,14H2,1-2H3,(H,27,29). The summed E-state index contributed by atoms with van der Waals surface area (Å²) < 4.78 is 11.0. The summed E-state index contributed by atoms with van der Waals surface area (Å²) in [5.74, 6) is 0.952. The molecule has 1 fully saturated rings. The van der Waals surface area contributed by atoms with Gasteiger partial charge in [-0.2, -0.15) is 0 Å². The minimum Gasteiger partial charge on any atom is -0.486 e. The number of nitrogens with one attached hydrogen (secondary N) is 2. The van der Waals surface area contributed by atoms with Gasteiger partial charge in [0, 0.05) is 36.0 Å². The first kappa shape index (κ1) is 22.3. The quantitative estimate of drug-likeness (QED) is 0.691. The molecule has 2 heterocycles. The normalized spacial score (nSPS) is 17.6. The molecule has 8 heteroatoms. The fraction of sp³-hybridized carbons (Fsp3) is 0.417. The first-order valence-electron chi connectivity index (χ1n) is 11.0. The molecule has 0 radical (unpaired) electrons. The van der Waals surface area contributed by atoms with E-state index in [0.717, 1.165) is 30.6 Å². The number of nitrogens with zero attached hydrogens (tertiary/aromatic N) is 1. The molecular formula is C24H28ClN3O4. The molecule has 2 aromatic rings. The van der Waals surface area contributed by atoms with Crippen molar-refractivity contribution in [1.29, 1.82) is 0 Å².